The largest absolute Gasteiger partial charge is 0.457 e. The summed E-state index contributed by atoms with van der Waals surface area (Å²) in [5, 5.41) is 6.08. The Morgan fingerprint density at radius 3 is 2.31 bits per heavy atom. The van der Waals surface area contributed by atoms with Gasteiger partial charge in [0.2, 0.25) is 0 Å². The molecule has 1 amide bonds. The first-order valence-corrected chi connectivity index (χ1v) is 7.64. The molecule has 26 heavy (non-hydrogen) atoms. The highest BCUT2D eigenvalue weighted by Crippen LogP contribution is 2.22. The van der Waals surface area contributed by atoms with Gasteiger partial charge in [-0.1, -0.05) is 17.3 Å². The van der Waals surface area contributed by atoms with Crippen LogP contribution in [0.5, 0.6) is 11.5 Å². The molecule has 3 aromatic rings. The normalized spacial score (nSPS) is 10.5. The molecule has 1 aromatic heterocycles. The summed E-state index contributed by atoms with van der Waals surface area (Å²) < 4.78 is 18.4. The van der Waals surface area contributed by atoms with E-state index in [0.29, 0.717) is 22.7 Å². The summed E-state index contributed by atoms with van der Waals surface area (Å²) in [5.74, 6) is 0.928. The number of rotatable bonds is 5. The summed E-state index contributed by atoms with van der Waals surface area (Å²) in [6, 6.07) is 15.8. The van der Waals surface area contributed by atoms with E-state index in [-0.39, 0.29) is 5.82 Å². The highest BCUT2D eigenvalue weighted by atomic mass is 19.1. The van der Waals surface area contributed by atoms with Gasteiger partial charge in [0.05, 0.1) is 6.21 Å². The number of oxime groups is 1. The van der Waals surface area contributed by atoms with Gasteiger partial charge in [0, 0.05) is 18.1 Å². The zero-order chi connectivity index (χ0) is 18.2. The fourth-order valence-electron chi connectivity index (χ4n) is 1.97. The number of carbonyl (C=O) groups excluding carboxylic acids is 1. The Hall–Kier alpha value is -3.74. The number of benzene rings is 2. The number of amides is 1. The van der Waals surface area contributed by atoms with Crippen LogP contribution in [-0.4, -0.2) is 17.3 Å². The van der Waals surface area contributed by atoms with Gasteiger partial charge in [-0.2, -0.15) is 0 Å². The van der Waals surface area contributed by atoms with Crippen molar-refractivity contribution < 1.29 is 18.8 Å². The molecule has 0 unspecified atom stereocenters. The first-order valence-electron chi connectivity index (χ1n) is 7.64. The molecule has 1 heterocycles. The summed E-state index contributed by atoms with van der Waals surface area (Å²) in [4.78, 5) is 20.3. The van der Waals surface area contributed by atoms with Gasteiger partial charge in [0.1, 0.15) is 17.3 Å². The second-order valence-electron chi connectivity index (χ2n) is 5.10. The molecule has 130 valence electrons. The van der Waals surface area contributed by atoms with Gasteiger partial charge >= 0.3 is 6.09 Å². The quantitative estimate of drug-likeness (QED) is 0.414. The zero-order valence-electron chi connectivity index (χ0n) is 13.5. The van der Waals surface area contributed by atoms with Gasteiger partial charge in [0.15, 0.2) is 0 Å². The second kappa shape index (κ2) is 8.39. The molecule has 6 nitrogen and oxygen atoms in total. The smallest absolute Gasteiger partial charge is 0.437 e. The molecule has 0 spiro atoms. The van der Waals surface area contributed by atoms with Gasteiger partial charge in [0.25, 0.3) is 0 Å². The maximum absolute atomic E-state index is 12.8. The molecule has 0 aliphatic heterocycles. The summed E-state index contributed by atoms with van der Waals surface area (Å²) in [6.45, 7) is 0. The highest BCUT2D eigenvalue weighted by molar-refractivity contribution is 5.85. The summed E-state index contributed by atoms with van der Waals surface area (Å²) in [6.07, 6.45) is 3.83. The Morgan fingerprint density at radius 1 is 0.962 bits per heavy atom. The topological polar surface area (TPSA) is 72.8 Å². The van der Waals surface area contributed by atoms with Crippen LogP contribution >= 0.6 is 0 Å². The second-order valence-corrected chi connectivity index (χ2v) is 5.10. The molecular formula is C19H14FN3O3. The van der Waals surface area contributed by atoms with E-state index >= 15 is 0 Å². The monoisotopic (exact) mass is 351 g/mol. The number of carbonyl (C=O) groups is 1. The molecule has 0 atom stereocenters. The van der Waals surface area contributed by atoms with Gasteiger partial charge in [-0.05, 0) is 54.1 Å². The van der Waals surface area contributed by atoms with Gasteiger partial charge in [-0.15, -0.1) is 0 Å². The van der Waals surface area contributed by atoms with Crippen molar-refractivity contribution in [1.82, 2.24) is 4.98 Å². The van der Waals surface area contributed by atoms with E-state index in [0.717, 1.165) is 0 Å². The Labute approximate surface area is 148 Å². The first-order chi connectivity index (χ1) is 12.7. The van der Waals surface area contributed by atoms with Crippen LogP contribution in [0.2, 0.25) is 0 Å². The number of hydrogen-bond donors (Lipinski definition) is 1. The van der Waals surface area contributed by atoms with Crippen LogP contribution in [-0.2, 0) is 4.84 Å². The van der Waals surface area contributed by atoms with Crippen LogP contribution < -0.4 is 10.1 Å². The van der Waals surface area contributed by atoms with Gasteiger partial charge in [-0.3, -0.25) is 15.1 Å². The molecule has 0 saturated carbocycles. The number of halogens is 1. The minimum atomic E-state index is -0.744. The van der Waals surface area contributed by atoms with Crippen LogP contribution in [0, 0.1) is 5.82 Å². The maximum Gasteiger partial charge on any atom is 0.437 e. The van der Waals surface area contributed by atoms with E-state index in [1.165, 1.54) is 30.5 Å². The average Bonchev–Trinajstić information content (AvgIpc) is 2.66. The first kappa shape index (κ1) is 17.1. The molecule has 0 bridgehead atoms. The minimum absolute atomic E-state index is 0.350. The maximum atomic E-state index is 12.8. The minimum Gasteiger partial charge on any atom is -0.457 e. The number of ether oxygens (including phenoxy) is 1. The van der Waals surface area contributed by atoms with Crippen LogP contribution in [0.4, 0.5) is 14.9 Å². The molecule has 0 radical (unpaired) electrons. The van der Waals surface area contributed by atoms with Crippen molar-refractivity contribution in [2.24, 2.45) is 5.16 Å². The molecule has 3 rings (SSSR count). The number of hydrogen-bond acceptors (Lipinski definition) is 5. The Balaban J connectivity index is 1.50. The van der Waals surface area contributed by atoms with E-state index in [4.69, 9.17) is 9.57 Å². The third-order valence-electron chi connectivity index (χ3n) is 3.19. The predicted octanol–water partition coefficient (Wildman–Crippen LogP) is 4.60. The highest BCUT2D eigenvalue weighted by Gasteiger charge is 2.03. The summed E-state index contributed by atoms with van der Waals surface area (Å²) in [5.41, 5.74) is 1.13. The third-order valence-corrected chi connectivity index (χ3v) is 3.19. The molecule has 0 saturated heterocycles. The molecule has 0 aliphatic carbocycles. The Morgan fingerprint density at radius 2 is 1.62 bits per heavy atom. The number of anilines is 1. The van der Waals surface area contributed by atoms with Crippen molar-refractivity contribution in [3.8, 4) is 11.5 Å². The van der Waals surface area contributed by atoms with E-state index < -0.39 is 6.09 Å². The Kier molecular flexibility index (Phi) is 5.51. The predicted molar refractivity (Wildman–Crippen MR) is 94.9 cm³/mol. The number of pyridine rings is 1. The van der Waals surface area contributed by atoms with Gasteiger partial charge in [-0.25, -0.2) is 9.18 Å². The summed E-state index contributed by atoms with van der Waals surface area (Å²) in [7, 11) is 0. The SMILES string of the molecule is O=C(Nc1ccc(Oc2ccncc2)cc1)ON=Cc1ccc(F)cc1. The van der Waals surface area contributed by atoms with Crippen LogP contribution in [0.3, 0.4) is 0 Å². The van der Waals surface area contributed by atoms with Crippen molar-refractivity contribution in [1.29, 1.82) is 0 Å². The van der Waals surface area contributed by atoms with Crippen LogP contribution in [0.1, 0.15) is 5.56 Å². The van der Waals surface area contributed by atoms with Crippen molar-refractivity contribution >= 4 is 18.0 Å². The molecule has 0 aliphatic rings. The number of nitrogens with zero attached hydrogens (tertiary/aromatic N) is 2. The lowest BCUT2D eigenvalue weighted by Gasteiger charge is -2.06. The lowest BCUT2D eigenvalue weighted by Crippen LogP contribution is -2.10. The Bertz CT molecular complexity index is 882. The molecule has 0 fully saturated rings. The standard InChI is InChI=1S/C19H14FN3O3/c20-15-3-1-14(2-4-15)13-22-26-19(24)23-16-5-7-17(8-6-16)25-18-9-11-21-12-10-18/h1-13H,(H,23,24). The van der Waals surface area contributed by atoms with E-state index in [2.05, 4.69) is 15.5 Å². The van der Waals surface area contributed by atoms with Crippen LogP contribution in [0.25, 0.3) is 0 Å². The van der Waals surface area contributed by atoms with Gasteiger partial charge < -0.3 is 4.74 Å². The molecule has 7 heteroatoms. The van der Waals surface area contributed by atoms with Crippen molar-refractivity contribution in [2.45, 2.75) is 0 Å². The number of aromatic nitrogens is 1. The molecular weight excluding hydrogens is 337 g/mol. The fourth-order valence-corrected chi connectivity index (χ4v) is 1.97. The van der Waals surface area contributed by atoms with Crippen LogP contribution in [0.15, 0.2) is 78.2 Å². The van der Waals surface area contributed by atoms with E-state index in [1.807, 2.05) is 0 Å². The van der Waals surface area contributed by atoms with Crippen molar-refractivity contribution in [3.05, 3.63) is 84.4 Å². The summed E-state index contributed by atoms with van der Waals surface area (Å²) >= 11 is 0. The van der Waals surface area contributed by atoms with E-state index in [1.54, 1.807) is 48.8 Å². The zero-order valence-corrected chi connectivity index (χ0v) is 13.5. The van der Waals surface area contributed by atoms with Crippen molar-refractivity contribution in [3.63, 3.8) is 0 Å². The van der Waals surface area contributed by atoms with E-state index in [9.17, 15) is 9.18 Å². The van der Waals surface area contributed by atoms with Crippen molar-refractivity contribution in [2.75, 3.05) is 5.32 Å². The fraction of sp³-hybridized carbons (Fsp3) is 0. The third kappa shape index (κ3) is 5.13. The lowest BCUT2D eigenvalue weighted by molar-refractivity contribution is 0.167. The average molecular weight is 351 g/mol. The molecule has 2 aromatic carbocycles. The molecule has 1 N–H and O–H groups in total. The lowest BCUT2D eigenvalue weighted by atomic mass is 10.2. The number of nitrogens with one attached hydrogen (secondary N) is 1.